The standard InChI is InChI=1S/C21H30N2O/c1-22(16-18-8-4-2-5-9-18)21(24)20-12-14-23(15-13-20)17-19-10-6-3-7-11-19/h2-6,8-9,19-20H,7,10-17H2,1H3/t19-/m1/s1. The molecule has 3 nitrogen and oxygen atoms in total. The summed E-state index contributed by atoms with van der Waals surface area (Å²) in [7, 11) is 1.94. The zero-order valence-corrected chi connectivity index (χ0v) is 14.9. The Balaban J connectivity index is 1.43. The molecule has 0 unspecified atom stereocenters. The summed E-state index contributed by atoms with van der Waals surface area (Å²) in [6, 6.07) is 10.3. The van der Waals surface area contributed by atoms with E-state index in [1.807, 2.05) is 30.1 Å². The highest BCUT2D eigenvalue weighted by molar-refractivity contribution is 5.78. The van der Waals surface area contributed by atoms with E-state index >= 15 is 0 Å². The molecule has 1 amide bonds. The van der Waals surface area contributed by atoms with Crippen LogP contribution in [0.25, 0.3) is 0 Å². The van der Waals surface area contributed by atoms with Gasteiger partial charge in [-0.3, -0.25) is 4.79 Å². The van der Waals surface area contributed by atoms with Crippen LogP contribution in [0.1, 0.15) is 37.7 Å². The Hall–Kier alpha value is -1.61. The molecule has 1 atom stereocenters. The Kier molecular flexibility index (Phi) is 6.08. The van der Waals surface area contributed by atoms with E-state index in [2.05, 4.69) is 29.2 Å². The van der Waals surface area contributed by atoms with E-state index in [0.29, 0.717) is 12.5 Å². The van der Waals surface area contributed by atoms with E-state index in [4.69, 9.17) is 0 Å². The highest BCUT2D eigenvalue weighted by atomic mass is 16.2. The van der Waals surface area contributed by atoms with E-state index in [1.54, 1.807) is 0 Å². The fourth-order valence-corrected chi connectivity index (χ4v) is 4.00. The summed E-state index contributed by atoms with van der Waals surface area (Å²) in [6.45, 7) is 4.09. The molecule has 1 saturated heterocycles. The van der Waals surface area contributed by atoms with Crippen molar-refractivity contribution in [3.05, 3.63) is 48.0 Å². The Morgan fingerprint density at radius 2 is 1.88 bits per heavy atom. The van der Waals surface area contributed by atoms with E-state index in [-0.39, 0.29) is 5.92 Å². The number of allylic oxidation sites excluding steroid dienone is 2. The van der Waals surface area contributed by atoms with Crippen molar-refractivity contribution >= 4 is 5.91 Å². The molecule has 0 radical (unpaired) electrons. The van der Waals surface area contributed by atoms with Gasteiger partial charge in [-0.15, -0.1) is 0 Å². The first kappa shape index (κ1) is 17.2. The summed E-state index contributed by atoms with van der Waals surface area (Å²) in [5.41, 5.74) is 1.20. The molecule has 3 heteroatoms. The predicted octanol–water partition coefficient (Wildman–Crippen LogP) is 3.71. The number of carbonyl (C=O) groups excluding carboxylic acids is 1. The molecule has 1 fully saturated rings. The van der Waals surface area contributed by atoms with Crippen LogP contribution in [-0.2, 0) is 11.3 Å². The van der Waals surface area contributed by atoms with Crippen LogP contribution in [0.4, 0.5) is 0 Å². The molecule has 2 aliphatic rings. The van der Waals surface area contributed by atoms with Gasteiger partial charge in [-0.1, -0.05) is 42.5 Å². The normalized spacial score (nSPS) is 22.5. The van der Waals surface area contributed by atoms with Crippen LogP contribution >= 0.6 is 0 Å². The van der Waals surface area contributed by atoms with Crippen molar-refractivity contribution in [1.29, 1.82) is 0 Å². The lowest BCUT2D eigenvalue weighted by Crippen LogP contribution is -2.42. The number of piperidine rings is 1. The smallest absolute Gasteiger partial charge is 0.225 e. The molecule has 0 aromatic heterocycles. The van der Waals surface area contributed by atoms with Crippen LogP contribution in [0.3, 0.4) is 0 Å². The molecule has 1 heterocycles. The van der Waals surface area contributed by atoms with E-state index < -0.39 is 0 Å². The zero-order chi connectivity index (χ0) is 16.8. The molecule has 0 N–H and O–H groups in total. The predicted molar refractivity (Wildman–Crippen MR) is 98.6 cm³/mol. The monoisotopic (exact) mass is 326 g/mol. The SMILES string of the molecule is CN(Cc1ccccc1)C(=O)C1CCN(C[C@@H]2CC=CCC2)CC1. The summed E-state index contributed by atoms with van der Waals surface area (Å²) >= 11 is 0. The third-order valence-corrected chi connectivity index (χ3v) is 5.47. The van der Waals surface area contributed by atoms with Crippen LogP contribution in [0.15, 0.2) is 42.5 Å². The maximum Gasteiger partial charge on any atom is 0.225 e. The Labute approximate surface area is 146 Å². The maximum absolute atomic E-state index is 12.7. The number of hydrogen-bond acceptors (Lipinski definition) is 2. The van der Waals surface area contributed by atoms with Gasteiger partial charge in [-0.05, 0) is 56.7 Å². The number of nitrogens with zero attached hydrogens (tertiary/aromatic N) is 2. The number of rotatable bonds is 5. The second-order valence-corrected chi connectivity index (χ2v) is 7.41. The summed E-state index contributed by atoms with van der Waals surface area (Å²) in [4.78, 5) is 17.2. The van der Waals surface area contributed by atoms with E-state index in [9.17, 15) is 4.79 Å². The van der Waals surface area contributed by atoms with Crippen LogP contribution in [-0.4, -0.2) is 42.4 Å². The van der Waals surface area contributed by atoms with Gasteiger partial charge in [0.1, 0.15) is 0 Å². The molecule has 1 aromatic carbocycles. The van der Waals surface area contributed by atoms with E-state index in [0.717, 1.165) is 31.8 Å². The molecule has 0 spiro atoms. The second kappa shape index (κ2) is 8.48. The molecule has 0 bridgehead atoms. The quantitative estimate of drug-likeness (QED) is 0.770. The number of carbonyl (C=O) groups is 1. The average molecular weight is 326 g/mol. The fourth-order valence-electron chi connectivity index (χ4n) is 4.00. The van der Waals surface area contributed by atoms with Crippen LogP contribution in [0.2, 0.25) is 0 Å². The summed E-state index contributed by atoms with van der Waals surface area (Å²) in [5.74, 6) is 1.35. The van der Waals surface area contributed by atoms with Gasteiger partial charge < -0.3 is 9.80 Å². The zero-order valence-electron chi connectivity index (χ0n) is 14.9. The molecule has 1 aliphatic heterocycles. The van der Waals surface area contributed by atoms with Crippen LogP contribution in [0, 0.1) is 11.8 Å². The van der Waals surface area contributed by atoms with Crippen molar-refractivity contribution in [3.63, 3.8) is 0 Å². The Morgan fingerprint density at radius 1 is 1.12 bits per heavy atom. The minimum atomic E-state index is 0.209. The van der Waals surface area contributed by atoms with Crippen molar-refractivity contribution in [3.8, 4) is 0 Å². The lowest BCUT2D eigenvalue weighted by Gasteiger charge is -2.35. The first-order chi connectivity index (χ1) is 11.7. The van der Waals surface area contributed by atoms with Crippen molar-refractivity contribution in [2.45, 2.75) is 38.6 Å². The molecule has 1 aliphatic carbocycles. The summed E-state index contributed by atoms with van der Waals surface area (Å²) < 4.78 is 0. The van der Waals surface area contributed by atoms with Crippen LogP contribution in [0.5, 0.6) is 0 Å². The molecule has 24 heavy (non-hydrogen) atoms. The molecule has 3 rings (SSSR count). The van der Waals surface area contributed by atoms with Crippen molar-refractivity contribution < 1.29 is 4.79 Å². The van der Waals surface area contributed by atoms with Gasteiger partial charge in [0.15, 0.2) is 0 Å². The van der Waals surface area contributed by atoms with Gasteiger partial charge in [0.25, 0.3) is 0 Å². The first-order valence-corrected chi connectivity index (χ1v) is 9.38. The highest BCUT2D eigenvalue weighted by Gasteiger charge is 2.28. The second-order valence-electron chi connectivity index (χ2n) is 7.41. The number of amides is 1. The molecule has 130 valence electrons. The Bertz CT molecular complexity index is 546. The van der Waals surface area contributed by atoms with Crippen molar-refractivity contribution in [1.82, 2.24) is 9.80 Å². The van der Waals surface area contributed by atoms with Gasteiger partial charge in [0.2, 0.25) is 5.91 Å². The number of hydrogen-bond donors (Lipinski definition) is 0. The minimum absolute atomic E-state index is 0.209. The average Bonchev–Trinajstić information content (AvgIpc) is 2.63. The molecule has 0 saturated carbocycles. The van der Waals surface area contributed by atoms with Crippen molar-refractivity contribution in [2.24, 2.45) is 11.8 Å². The van der Waals surface area contributed by atoms with Gasteiger partial charge in [-0.25, -0.2) is 0 Å². The van der Waals surface area contributed by atoms with Crippen molar-refractivity contribution in [2.75, 3.05) is 26.7 Å². The first-order valence-electron chi connectivity index (χ1n) is 9.38. The van der Waals surface area contributed by atoms with Gasteiger partial charge in [0, 0.05) is 26.1 Å². The summed E-state index contributed by atoms with van der Waals surface area (Å²) in [6.07, 6.45) is 10.5. The molecular formula is C21H30N2O. The van der Waals surface area contributed by atoms with Gasteiger partial charge >= 0.3 is 0 Å². The molecule has 1 aromatic rings. The maximum atomic E-state index is 12.7. The largest absolute Gasteiger partial charge is 0.341 e. The number of likely N-dealkylation sites (tertiary alicyclic amines) is 1. The number of benzene rings is 1. The third-order valence-electron chi connectivity index (χ3n) is 5.47. The minimum Gasteiger partial charge on any atom is -0.341 e. The van der Waals surface area contributed by atoms with Crippen LogP contribution < -0.4 is 0 Å². The van der Waals surface area contributed by atoms with E-state index in [1.165, 1.54) is 31.4 Å². The Morgan fingerprint density at radius 3 is 2.54 bits per heavy atom. The van der Waals surface area contributed by atoms with Gasteiger partial charge in [0.05, 0.1) is 0 Å². The lowest BCUT2D eigenvalue weighted by atomic mass is 9.91. The topological polar surface area (TPSA) is 23.6 Å². The van der Waals surface area contributed by atoms with Gasteiger partial charge in [-0.2, -0.15) is 0 Å². The third kappa shape index (κ3) is 4.70. The lowest BCUT2D eigenvalue weighted by molar-refractivity contribution is -0.136. The highest BCUT2D eigenvalue weighted by Crippen LogP contribution is 2.24. The summed E-state index contributed by atoms with van der Waals surface area (Å²) in [5, 5.41) is 0. The fraction of sp³-hybridized carbons (Fsp3) is 0.571. The molecular weight excluding hydrogens is 296 g/mol.